The molecule has 0 aromatic carbocycles. The molecule has 1 aliphatic rings. The van der Waals surface area contributed by atoms with Crippen LogP contribution in [0.1, 0.15) is 71.6 Å². The van der Waals surface area contributed by atoms with Gasteiger partial charge in [-0.05, 0) is 25.2 Å². The van der Waals surface area contributed by atoms with Crippen LogP contribution in [0.15, 0.2) is 0 Å². The summed E-state index contributed by atoms with van der Waals surface area (Å²) in [6.07, 6.45) is 10.9. The predicted octanol–water partition coefficient (Wildman–Crippen LogP) is 4.33. The SMILES string of the molecule is CCCCCCC1CC(C(=O)OCCCC)C1. The van der Waals surface area contributed by atoms with Crippen molar-refractivity contribution in [1.82, 2.24) is 0 Å². The van der Waals surface area contributed by atoms with E-state index in [0.717, 1.165) is 31.6 Å². The molecule has 1 aliphatic carbocycles. The molecule has 0 bridgehead atoms. The van der Waals surface area contributed by atoms with E-state index in [1.165, 1.54) is 32.1 Å². The first-order valence-corrected chi connectivity index (χ1v) is 7.44. The lowest BCUT2D eigenvalue weighted by Crippen LogP contribution is -2.32. The van der Waals surface area contributed by atoms with Gasteiger partial charge in [0.25, 0.3) is 0 Å². The summed E-state index contributed by atoms with van der Waals surface area (Å²) in [6, 6.07) is 0. The number of hydrogen-bond acceptors (Lipinski definition) is 2. The molecule has 1 rings (SSSR count). The molecule has 0 N–H and O–H groups in total. The molecule has 0 aromatic rings. The molecule has 0 atom stereocenters. The van der Waals surface area contributed by atoms with Gasteiger partial charge in [0.15, 0.2) is 0 Å². The topological polar surface area (TPSA) is 26.3 Å². The van der Waals surface area contributed by atoms with Crippen molar-refractivity contribution in [3.8, 4) is 0 Å². The van der Waals surface area contributed by atoms with E-state index in [-0.39, 0.29) is 11.9 Å². The van der Waals surface area contributed by atoms with Crippen LogP contribution < -0.4 is 0 Å². The van der Waals surface area contributed by atoms with Gasteiger partial charge >= 0.3 is 5.97 Å². The Hall–Kier alpha value is -0.530. The highest BCUT2D eigenvalue weighted by Crippen LogP contribution is 2.38. The fourth-order valence-electron chi connectivity index (χ4n) is 2.46. The molecule has 0 amide bonds. The second-order valence-electron chi connectivity index (χ2n) is 5.40. The fourth-order valence-corrected chi connectivity index (χ4v) is 2.46. The van der Waals surface area contributed by atoms with Crippen molar-refractivity contribution in [2.75, 3.05) is 6.61 Å². The van der Waals surface area contributed by atoms with Crippen molar-refractivity contribution in [2.24, 2.45) is 11.8 Å². The van der Waals surface area contributed by atoms with Crippen LogP contribution in [-0.2, 0) is 9.53 Å². The minimum Gasteiger partial charge on any atom is -0.465 e. The third-order valence-corrected chi connectivity index (χ3v) is 3.78. The summed E-state index contributed by atoms with van der Waals surface area (Å²) >= 11 is 0. The zero-order valence-electron chi connectivity index (χ0n) is 11.5. The third kappa shape index (κ3) is 5.56. The van der Waals surface area contributed by atoms with Crippen molar-refractivity contribution < 1.29 is 9.53 Å². The lowest BCUT2D eigenvalue weighted by Gasteiger charge is -2.33. The lowest BCUT2D eigenvalue weighted by atomic mass is 9.72. The number of carbonyl (C=O) groups is 1. The maximum atomic E-state index is 11.6. The quantitative estimate of drug-likeness (QED) is 0.443. The van der Waals surface area contributed by atoms with E-state index >= 15 is 0 Å². The summed E-state index contributed by atoms with van der Waals surface area (Å²) in [5, 5.41) is 0. The molecule has 0 unspecified atom stereocenters. The molecule has 1 fully saturated rings. The molecule has 100 valence electrons. The van der Waals surface area contributed by atoms with Crippen LogP contribution >= 0.6 is 0 Å². The summed E-state index contributed by atoms with van der Waals surface area (Å²) in [5.41, 5.74) is 0. The van der Waals surface area contributed by atoms with Gasteiger partial charge in [-0.25, -0.2) is 0 Å². The third-order valence-electron chi connectivity index (χ3n) is 3.78. The lowest BCUT2D eigenvalue weighted by molar-refractivity contribution is -0.153. The Morgan fingerprint density at radius 1 is 1.06 bits per heavy atom. The van der Waals surface area contributed by atoms with Gasteiger partial charge in [-0.15, -0.1) is 0 Å². The van der Waals surface area contributed by atoms with Crippen molar-refractivity contribution in [3.05, 3.63) is 0 Å². The second kappa shape index (κ2) is 8.54. The molecule has 0 spiro atoms. The molecule has 2 heteroatoms. The van der Waals surface area contributed by atoms with Gasteiger partial charge in [-0.1, -0.05) is 52.4 Å². The Morgan fingerprint density at radius 3 is 2.41 bits per heavy atom. The van der Waals surface area contributed by atoms with E-state index < -0.39 is 0 Å². The number of carbonyl (C=O) groups excluding carboxylic acids is 1. The molecule has 0 heterocycles. The zero-order valence-corrected chi connectivity index (χ0v) is 11.5. The van der Waals surface area contributed by atoms with Crippen molar-refractivity contribution in [3.63, 3.8) is 0 Å². The van der Waals surface area contributed by atoms with Crippen LogP contribution in [-0.4, -0.2) is 12.6 Å². The number of esters is 1. The Morgan fingerprint density at radius 2 is 1.76 bits per heavy atom. The van der Waals surface area contributed by atoms with Gasteiger partial charge in [-0.3, -0.25) is 4.79 Å². The average Bonchev–Trinajstić information content (AvgIpc) is 2.26. The van der Waals surface area contributed by atoms with Gasteiger partial charge < -0.3 is 4.74 Å². The number of ether oxygens (including phenoxy) is 1. The summed E-state index contributed by atoms with van der Waals surface area (Å²) in [5.74, 6) is 1.09. The molecule has 1 saturated carbocycles. The maximum absolute atomic E-state index is 11.6. The van der Waals surface area contributed by atoms with Crippen LogP contribution in [0.3, 0.4) is 0 Å². The maximum Gasteiger partial charge on any atom is 0.308 e. The first-order chi connectivity index (χ1) is 8.27. The molecule has 0 radical (unpaired) electrons. The number of unbranched alkanes of at least 4 members (excludes halogenated alkanes) is 4. The molecular weight excluding hydrogens is 212 g/mol. The molecule has 0 aromatic heterocycles. The van der Waals surface area contributed by atoms with Crippen LogP contribution in [0.25, 0.3) is 0 Å². The Labute approximate surface area is 106 Å². The average molecular weight is 240 g/mol. The smallest absolute Gasteiger partial charge is 0.308 e. The number of rotatable bonds is 9. The first kappa shape index (κ1) is 14.5. The molecule has 0 aliphatic heterocycles. The van der Waals surface area contributed by atoms with Gasteiger partial charge in [0.2, 0.25) is 0 Å². The van der Waals surface area contributed by atoms with Gasteiger partial charge in [-0.2, -0.15) is 0 Å². The normalized spacial score (nSPS) is 23.2. The highest BCUT2D eigenvalue weighted by molar-refractivity contribution is 5.73. The minimum absolute atomic E-state index is 0.0586. The van der Waals surface area contributed by atoms with Gasteiger partial charge in [0.1, 0.15) is 0 Å². The fraction of sp³-hybridized carbons (Fsp3) is 0.933. The molecule has 0 saturated heterocycles. The van der Waals surface area contributed by atoms with E-state index in [1.54, 1.807) is 0 Å². The van der Waals surface area contributed by atoms with Gasteiger partial charge in [0.05, 0.1) is 12.5 Å². The van der Waals surface area contributed by atoms with E-state index in [2.05, 4.69) is 13.8 Å². The molecular formula is C15H28O2. The second-order valence-corrected chi connectivity index (χ2v) is 5.40. The van der Waals surface area contributed by atoms with Crippen molar-refractivity contribution in [1.29, 1.82) is 0 Å². The molecule has 17 heavy (non-hydrogen) atoms. The summed E-state index contributed by atoms with van der Waals surface area (Å²) in [6.45, 7) is 4.97. The first-order valence-electron chi connectivity index (χ1n) is 7.44. The summed E-state index contributed by atoms with van der Waals surface area (Å²) in [4.78, 5) is 11.6. The van der Waals surface area contributed by atoms with E-state index in [1.807, 2.05) is 0 Å². The summed E-state index contributed by atoms with van der Waals surface area (Å²) < 4.78 is 5.24. The molecule has 2 nitrogen and oxygen atoms in total. The van der Waals surface area contributed by atoms with E-state index in [0.29, 0.717) is 6.61 Å². The highest BCUT2D eigenvalue weighted by atomic mass is 16.5. The standard InChI is InChI=1S/C15H28O2/c1-3-5-7-8-9-13-11-14(12-13)15(16)17-10-6-4-2/h13-14H,3-12H2,1-2H3. The van der Waals surface area contributed by atoms with Gasteiger partial charge in [0, 0.05) is 0 Å². The minimum atomic E-state index is 0.0586. The monoisotopic (exact) mass is 240 g/mol. The predicted molar refractivity (Wildman–Crippen MR) is 70.8 cm³/mol. The summed E-state index contributed by atoms with van der Waals surface area (Å²) in [7, 11) is 0. The van der Waals surface area contributed by atoms with Crippen LogP contribution in [0, 0.1) is 11.8 Å². The van der Waals surface area contributed by atoms with Crippen LogP contribution in [0.5, 0.6) is 0 Å². The zero-order chi connectivity index (χ0) is 12.5. The highest BCUT2D eigenvalue weighted by Gasteiger charge is 2.34. The van der Waals surface area contributed by atoms with Crippen LogP contribution in [0.2, 0.25) is 0 Å². The Bertz CT molecular complexity index is 207. The largest absolute Gasteiger partial charge is 0.465 e. The Balaban J connectivity index is 1.96. The van der Waals surface area contributed by atoms with Crippen LogP contribution in [0.4, 0.5) is 0 Å². The number of hydrogen-bond donors (Lipinski definition) is 0. The Kier molecular flexibility index (Phi) is 7.30. The van der Waals surface area contributed by atoms with Crippen molar-refractivity contribution >= 4 is 5.97 Å². The van der Waals surface area contributed by atoms with Crippen molar-refractivity contribution in [2.45, 2.75) is 71.6 Å². The van der Waals surface area contributed by atoms with E-state index in [9.17, 15) is 4.79 Å². The van der Waals surface area contributed by atoms with E-state index in [4.69, 9.17) is 4.74 Å².